The second-order valence-corrected chi connectivity index (χ2v) is 7.99. The summed E-state index contributed by atoms with van der Waals surface area (Å²) in [7, 11) is 1.60. The number of nitrogens with zero attached hydrogens (tertiary/aromatic N) is 4. The molecule has 3 heterocycles. The van der Waals surface area contributed by atoms with Gasteiger partial charge in [-0.15, -0.1) is 0 Å². The van der Waals surface area contributed by atoms with E-state index in [4.69, 9.17) is 0 Å². The number of piperazine rings is 1. The molecule has 30 heavy (non-hydrogen) atoms. The van der Waals surface area contributed by atoms with Crippen LogP contribution >= 0.6 is 0 Å². The molecule has 8 heteroatoms. The van der Waals surface area contributed by atoms with E-state index in [0.29, 0.717) is 23.9 Å². The zero-order chi connectivity index (χ0) is 20.9. The van der Waals surface area contributed by atoms with Crippen LogP contribution in [0.1, 0.15) is 35.3 Å². The summed E-state index contributed by atoms with van der Waals surface area (Å²) < 4.78 is 0. The van der Waals surface area contributed by atoms with Crippen LogP contribution in [-0.2, 0) is 11.3 Å². The van der Waals surface area contributed by atoms with Gasteiger partial charge in [0.2, 0.25) is 5.91 Å². The van der Waals surface area contributed by atoms with Crippen LogP contribution in [0.25, 0.3) is 0 Å². The Kier molecular flexibility index (Phi) is 6.23. The number of nitrogens with one attached hydrogen (secondary N) is 2. The maximum absolute atomic E-state index is 12.0. The van der Waals surface area contributed by atoms with Crippen molar-refractivity contribution in [3.8, 4) is 0 Å². The molecule has 1 aliphatic carbocycles. The van der Waals surface area contributed by atoms with Gasteiger partial charge in [0, 0.05) is 52.4 Å². The number of hydrogen-bond donors (Lipinski definition) is 2. The molecule has 0 bridgehead atoms. The van der Waals surface area contributed by atoms with Crippen LogP contribution < -0.4 is 15.5 Å². The van der Waals surface area contributed by atoms with Gasteiger partial charge < -0.3 is 15.5 Å². The number of anilines is 2. The number of amides is 2. The lowest BCUT2D eigenvalue weighted by molar-refractivity contribution is -0.116. The van der Waals surface area contributed by atoms with Gasteiger partial charge in [-0.2, -0.15) is 0 Å². The fraction of sp³-hybridized carbons (Fsp3) is 0.455. The Morgan fingerprint density at radius 2 is 1.90 bits per heavy atom. The topological polar surface area (TPSA) is 90.5 Å². The van der Waals surface area contributed by atoms with Gasteiger partial charge in [-0.3, -0.25) is 14.5 Å². The van der Waals surface area contributed by atoms with Crippen molar-refractivity contribution in [2.45, 2.75) is 25.8 Å². The standard InChI is InChI=1S/C22H28N6O2/c1-23-22(30)19-5-4-18(14-25-19)28-10-8-27(9-11-28)15-17-6-7-24-20(12-17)26-21(29)13-16-2-3-16/h4-7,12,14,16H,2-3,8-11,13,15H2,1H3,(H,23,30)(H,24,26,29). The summed E-state index contributed by atoms with van der Waals surface area (Å²) in [5.41, 5.74) is 2.61. The normalized spacial score (nSPS) is 16.9. The van der Waals surface area contributed by atoms with Gasteiger partial charge in [0.1, 0.15) is 11.5 Å². The maximum Gasteiger partial charge on any atom is 0.269 e. The van der Waals surface area contributed by atoms with Crippen LogP contribution in [0.4, 0.5) is 11.5 Å². The van der Waals surface area contributed by atoms with E-state index < -0.39 is 0 Å². The average molecular weight is 409 g/mol. The molecule has 0 spiro atoms. The molecule has 0 aromatic carbocycles. The third kappa shape index (κ3) is 5.33. The number of pyridine rings is 2. The molecule has 8 nitrogen and oxygen atoms in total. The van der Waals surface area contributed by atoms with E-state index in [1.54, 1.807) is 25.5 Å². The maximum atomic E-state index is 12.0. The first-order valence-electron chi connectivity index (χ1n) is 10.5. The minimum Gasteiger partial charge on any atom is -0.368 e. The highest BCUT2D eigenvalue weighted by molar-refractivity contribution is 5.92. The van der Waals surface area contributed by atoms with E-state index in [-0.39, 0.29) is 11.8 Å². The van der Waals surface area contributed by atoms with Gasteiger partial charge >= 0.3 is 0 Å². The fourth-order valence-corrected chi connectivity index (χ4v) is 3.68. The number of rotatable bonds is 7. The van der Waals surface area contributed by atoms with E-state index in [0.717, 1.165) is 44.0 Å². The molecule has 2 amide bonds. The fourth-order valence-electron chi connectivity index (χ4n) is 3.68. The second kappa shape index (κ2) is 9.21. The Bertz CT molecular complexity index is 889. The van der Waals surface area contributed by atoms with Crippen molar-refractivity contribution in [2.75, 3.05) is 43.4 Å². The Morgan fingerprint density at radius 1 is 1.10 bits per heavy atom. The number of carbonyl (C=O) groups is 2. The largest absolute Gasteiger partial charge is 0.368 e. The Balaban J connectivity index is 1.27. The molecule has 4 rings (SSSR count). The SMILES string of the molecule is CNC(=O)c1ccc(N2CCN(Cc3ccnc(NC(=O)CC4CC4)c3)CC2)cn1. The van der Waals surface area contributed by atoms with Crippen molar-refractivity contribution >= 4 is 23.3 Å². The minimum atomic E-state index is -0.174. The highest BCUT2D eigenvalue weighted by Crippen LogP contribution is 2.32. The lowest BCUT2D eigenvalue weighted by atomic mass is 10.2. The highest BCUT2D eigenvalue weighted by Gasteiger charge is 2.24. The molecule has 2 fully saturated rings. The monoisotopic (exact) mass is 408 g/mol. The molecule has 0 atom stereocenters. The van der Waals surface area contributed by atoms with Crippen LogP contribution in [0.5, 0.6) is 0 Å². The summed E-state index contributed by atoms with van der Waals surface area (Å²) in [5.74, 6) is 1.09. The zero-order valence-electron chi connectivity index (χ0n) is 17.3. The van der Waals surface area contributed by atoms with Crippen molar-refractivity contribution in [1.29, 1.82) is 0 Å². The Morgan fingerprint density at radius 3 is 2.57 bits per heavy atom. The van der Waals surface area contributed by atoms with Crippen LogP contribution in [0, 0.1) is 5.92 Å². The smallest absolute Gasteiger partial charge is 0.269 e. The van der Waals surface area contributed by atoms with Gasteiger partial charge in [0.05, 0.1) is 11.9 Å². The summed E-state index contributed by atoms with van der Waals surface area (Å²) in [4.78, 5) is 36.9. The van der Waals surface area contributed by atoms with Crippen molar-refractivity contribution in [1.82, 2.24) is 20.2 Å². The zero-order valence-corrected chi connectivity index (χ0v) is 17.3. The summed E-state index contributed by atoms with van der Waals surface area (Å²) >= 11 is 0. The molecule has 0 unspecified atom stereocenters. The van der Waals surface area contributed by atoms with Gasteiger partial charge in [-0.1, -0.05) is 0 Å². The van der Waals surface area contributed by atoms with Crippen molar-refractivity contribution in [3.63, 3.8) is 0 Å². The van der Waals surface area contributed by atoms with Gasteiger partial charge in [0.25, 0.3) is 5.91 Å². The van der Waals surface area contributed by atoms with Crippen LogP contribution in [0.2, 0.25) is 0 Å². The molecule has 2 aromatic rings. The quantitative estimate of drug-likeness (QED) is 0.727. The third-order valence-corrected chi connectivity index (χ3v) is 5.61. The molecular weight excluding hydrogens is 380 g/mol. The van der Waals surface area contributed by atoms with Gasteiger partial charge in [-0.25, -0.2) is 9.97 Å². The molecule has 2 N–H and O–H groups in total. The van der Waals surface area contributed by atoms with E-state index in [9.17, 15) is 9.59 Å². The molecule has 2 aliphatic rings. The summed E-state index contributed by atoms with van der Waals surface area (Å²) in [6.45, 7) is 4.50. The van der Waals surface area contributed by atoms with Crippen molar-refractivity contribution in [3.05, 3.63) is 47.9 Å². The molecular formula is C22H28N6O2. The van der Waals surface area contributed by atoms with E-state index in [1.165, 1.54) is 12.8 Å². The molecule has 2 aromatic heterocycles. The summed E-state index contributed by atoms with van der Waals surface area (Å²) in [6, 6.07) is 7.69. The highest BCUT2D eigenvalue weighted by atomic mass is 16.2. The first-order valence-corrected chi connectivity index (χ1v) is 10.5. The summed E-state index contributed by atoms with van der Waals surface area (Å²) in [5, 5.41) is 5.51. The lowest BCUT2D eigenvalue weighted by Crippen LogP contribution is -2.46. The van der Waals surface area contributed by atoms with Crippen LogP contribution in [0.3, 0.4) is 0 Å². The molecule has 1 aliphatic heterocycles. The van der Waals surface area contributed by atoms with Gasteiger partial charge in [0.15, 0.2) is 0 Å². The van der Waals surface area contributed by atoms with Crippen molar-refractivity contribution in [2.24, 2.45) is 5.92 Å². The van der Waals surface area contributed by atoms with Gasteiger partial charge in [-0.05, 0) is 48.6 Å². The van der Waals surface area contributed by atoms with Crippen LogP contribution in [-0.4, -0.2) is 59.9 Å². The number of aromatic nitrogens is 2. The molecule has 0 radical (unpaired) electrons. The Hall–Kier alpha value is -3.00. The average Bonchev–Trinajstić information content (AvgIpc) is 3.58. The van der Waals surface area contributed by atoms with E-state index in [2.05, 4.69) is 30.4 Å². The second-order valence-electron chi connectivity index (χ2n) is 7.99. The Labute approximate surface area is 176 Å². The lowest BCUT2D eigenvalue weighted by Gasteiger charge is -2.36. The first-order chi connectivity index (χ1) is 14.6. The minimum absolute atomic E-state index is 0.0619. The number of hydrogen-bond acceptors (Lipinski definition) is 6. The third-order valence-electron chi connectivity index (χ3n) is 5.61. The molecule has 158 valence electrons. The summed E-state index contributed by atoms with van der Waals surface area (Å²) in [6.07, 6.45) is 6.47. The predicted octanol–water partition coefficient (Wildman–Crippen LogP) is 1.90. The first kappa shape index (κ1) is 20.3. The van der Waals surface area contributed by atoms with E-state index >= 15 is 0 Å². The predicted molar refractivity (Wildman–Crippen MR) is 115 cm³/mol. The van der Waals surface area contributed by atoms with E-state index in [1.807, 2.05) is 18.2 Å². The van der Waals surface area contributed by atoms with Crippen LogP contribution in [0.15, 0.2) is 36.7 Å². The van der Waals surface area contributed by atoms with Crippen molar-refractivity contribution < 1.29 is 9.59 Å². The molecule has 1 saturated heterocycles. The molecule has 1 saturated carbocycles. The number of carbonyl (C=O) groups excluding carboxylic acids is 2.